The van der Waals surface area contributed by atoms with Crippen LogP contribution in [0.1, 0.15) is 40.5 Å². The monoisotopic (exact) mass is 362 g/mol. The third-order valence-corrected chi connectivity index (χ3v) is 5.97. The number of nitrogens with one attached hydrogen (secondary N) is 2. The van der Waals surface area contributed by atoms with Gasteiger partial charge in [-0.3, -0.25) is 4.99 Å². The van der Waals surface area contributed by atoms with E-state index in [-0.39, 0.29) is 11.9 Å². The van der Waals surface area contributed by atoms with Gasteiger partial charge in [-0.1, -0.05) is 13.8 Å². The van der Waals surface area contributed by atoms with Gasteiger partial charge in [0, 0.05) is 39.3 Å². The quantitative estimate of drug-likeness (QED) is 0.448. The van der Waals surface area contributed by atoms with Gasteiger partial charge >= 0.3 is 0 Å². The molecular weight excluding hydrogens is 328 g/mol. The molecule has 0 aliphatic carbocycles. The lowest BCUT2D eigenvalue weighted by molar-refractivity contribution is 0.0266. The van der Waals surface area contributed by atoms with E-state index in [0.29, 0.717) is 32.1 Å². The Hall–Kier alpha value is -0.860. The average Bonchev–Trinajstić information content (AvgIpc) is 2.85. The second kappa shape index (κ2) is 10.9. The molecule has 0 bridgehead atoms. The van der Waals surface area contributed by atoms with E-state index in [2.05, 4.69) is 29.5 Å². The van der Waals surface area contributed by atoms with Crippen molar-refractivity contribution in [2.75, 3.05) is 45.1 Å². The molecule has 1 aliphatic heterocycles. The van der Waals surface area contributed by atoms with E-state index in [1.165, 1.54) is 0 Å². The van der Waals surface area contributed by atoms with Crippen LogP contribution in [-0.4, -0.2) is 69.9 Å². The number of aliphatic imine (C=N–C) groups is 1. The minimum absolute atomic E-state index is 0.219. The van der Waals surface area contributed by atoms with E-state index in [1.54, 1.807) is 4.31 Å². The molecule has 1 saturated heterocycles. The van der Waals surface area contributed by atoms with E-state index >= 15 is 0 Å². The van der Waals surface area contributed by atoms with Crippen LogP contribution in [0.2, 0.25) is 0 Å². The van der Waals surface area contributed by atoms with Crippen LogP contribution >= 0.6 is 0 Å². The molecule has 0 aromatic rings. The maximum atomic E-state index is 11.8. The minimum Gasteiger partial charge on any atom is -0.378 e. The summed E-state index contributed by atoms with van der Waals surface area (Å²) in [5.41, 5.74) is 0. The molecular formula is C16H34N4O3S. The summed E-state index contributed by atoms with van der Waals surface area (Å²) in [6.07, 6.45) is 1.82. The normalized spacial score (nSPS) is 19.6. The van der Waals surface area contributed by atoms with Crippen LogP contribution in [0.25, 0.3) is 0 Å². The molecule has 1 rings (SSSR count). The first kappa shape index (κ1) is 21.2. The molecule has 2 N–H and O–H groups in total. The summed E-state index contributed by atoms with van der Waals surface area (Å²) < 4.78 is 30.8. The van der Waals surface area contributed by atoms with E-state index in [0.717, 1.165) is 32.0 Å². The lowest BCUT2D eigenvalue weighted by atomic mass is 10.0. The van der Waals surface area contributed by atoms with Crippen LogP contribution in [0.5, 0.6) is 0 Å². The molecule has 1 aliphatic rings. The summed E-state index contributed by atoms with van der Waals surface area (Å²) in [5, 5.41) is 6.41. The number of rotatable bonds is 10. The molecule has 1 fully saturated rings. The van der Waals surface area contributed by atoms with E-state index in [9.17, 15) is 8.42 Å². The smallest absolute Gasteiger partial charge is 0.214 e. The molecule has 0 aromatic carbocycles. The van der Waals surface area contributed by atoms with Crippen molar-refractivity contribution in [2.24, 2.45) is 10.9 Å². The van der Waals surface area contributed by atoms with Crippen LogP contribution in [0.3, 0.4) is 0 Å². The summed E-state index contributed by atoms with van der Waals surface area (Å²) in [6, 6.07) is 0. The Morgan fingerprint density at radius 3 is 2.58 bits per heavy atom. The van der Waals surface area contributed by atoms with Crippen LogP contribution < -0.4 is 10.6 Å². The van der Waals surface area contributed by atoms with Crippen molar-refractivity contribution in [2.45, 2.75) is 46.6 Å². The Morgan fingerprint density at radius 1 is 1.29 bits per heavy atom. The van der Waals surface area contributed by atoms with Crippen molar-refractivity contribution in [3.63, 3.8) is 0 Å². The predicted molar refractivity (Wildman–Crippen MR) is 98.8 cm³/mol. The molecule has 0 aromatic heterocycles. The molecule has 1 heterocycles. The van der Waals surface area contributed by atoms with Crippen molar-refractivity contribution in [3.8, 4) is 0 Å². The van der Waals surface area contributed by atoms with Gasteiger partial charge in [-0.05, 0) is 32.6 Å². The second-order valence-corrected chi connectivity index (χ2v) is 8.37. The maximum absolute atomic E-state index is 11.8. The molecule has 142 valence electrons. The summed E-state index contributed by atoms with van der Waals surface area (Å²) in [6.45, 7) is 12.2. The predicted octanol–water partition coefficient (Wildman–Crippen LogP) is 1.03. The van der Waals surface area contributed by atoms with Crippen LogP contribution in [-0.2, 0) is 14.8 Å². The fourth-order valence-corrected chi connectivity index (χ4v) is 4.24. The van der Waals surface area contributed by atoms with Crippen LogP contribution in [0, 0.1) is 5.92 Å². The zero-order chi connectivity index (χ0) is 18.0. The molecule has 0 radical (unpaired) electrons. The highest BCUT2D eigenvalue weighted by Gasteiger charge is 2.27. The van der Waals surface area contributed by atoms with E-state index in [4.69, 9.17) is 4.74 Å². The molecule has 0 spiro atoms. The summed E-state index contributed by atoms with van der Waals surface area (Å²) in [7, 11) is -3.02. The average molecular weight is 363 g/mol. The van der Waals surface area contributed by atoms with Gasteiger partial charge < -0.3 is 15.4 Å². The summed E-state index contributed by atoms with van der Waals surface area (Å²) in [4.78, 5) is 4.56. The number of nitrogens with zero attached hydrogens (tertiary/aromatic N) is 2. The topological polar surface area (TPSA) is 83.0 Å². The van der Waals surface area contributed by atoms with Crippen LogP contribution in [0.15, 0.2) is 4.99 Å². The second-order valence-electron chi connectivity index (χ2n) is 6.28. The van der Waals surface area contributed by atoms with E-state index in [1.807, 2.05) is 13.8 Å². The van der Waals surface area contributed by atoms with Crippen molar-refractivity contribution in [1.29, 1.82) is 0 Å². The highest BCUT2D eigenvalue weighted by Crippen LogP contribution is 2.12. The fraction of sp³-hybridized carbons (Fsp3) is 0.938. The van der Waals surface area contributed by atoms with Gasteiger partial charge in [0.1, 0.15) is 0 Å². The fourth-order valence-electron chi connectivity index (χ4n) is 2.71. The molecule has 8 heteroatoms. The lowest BCUT2D eigenvalue weighted by Crippen LogP contribution is -2.42. The number of hydrogen-bond acceptors (Lipinski definition) is 4. The van der Waals surface area contributed by atoms with Crippen molar-refractivity contribution in [1.82, 2.24) is 14.9 Å². The first-order valence-electron chi connectivity index (χ1n) is 9.02. The zero-order valence-electron chi connectivity index (χ0n) is 15.5. The number of ether oxygens (including phenoxy) is 1. The minimum atomic E-state index is -3.02. The summed E-state index contributed by atoms with van der Waals surface area (Å²) >= 11 is 0. The van der Waals surface area contributed by atoms with Gasteiger partial charge in [-0.2, -0.15) is 0 Å². The Balaban J connectivity index is 2.42. The van der Waals surface area contributed by atoms with Crippen molar-refractivity contribution in [3.05, 3.63) is 0 Å². The molecule has 1 atom stereocenters. The first-order valence-corrected chi connectivity index (χ1v) is 10.6. The third-order valence-electron chi connectivity index (χ3n) is 4.01. The Kier molecular flexibility index (Phi) is 9.61. The van der Waals surface area contributed by atoms with Gasteiger partial charge in [0.2, 0.25) is 10.0 Å². The van der Waals surface area contributed by atoms with Gasteiger partial charge in [-0.25, -0.2) is 12.7 Å². The number of sulfonamides is 1. The molecule has 0 amide bonds. The standard InChI is InChI=1S/C16H34N4O3S/c1-5-17-16(18-9-8-15(14(3)4)23-6-2)19-10-12-20-11-7-13-24(20,21)22/h14-15H,5-13H2,1-4H3,(H2,17,18,19). The Morgan fingerprint density at radius 2 is 2.04 bits per heavy atom. The molecule has 1 unspecified atom stereocenters. The van der Waals surface area contributed by atoms with Gasteiger partial charge in [0.25, 0.3) is 0 Å². The lowest BCUT2D eigenvalue weighted by Gasteiger charge is -2.20. The summed E-state index contributed by atoms with van der Waals surface area (Å²) in [5.74, 6) is 1.47. The highest BCUT2D eigenvalue weighted by molar-refractivity contribution is 7.89. The van der Waals surface area contributed by atoms with E-state index < -0.39 is 10.0 Å². The first-order chi connectivity index (χ1) is 11.4. The van der Waals surface area contributed by atoms with Gasteiger partial charge in [-0.15, -0.1) is 0 Å². The maximum Gasteiger partial charge on any atom is 0.214 e. The SMILES string of the molecule is CCNC(=NCCC(OCC)C(C)C)NCCN1CCCS1(=O)=O. The molecule has 24 heavy (non-hydrogen) atoms. The largest absolute Gasteiger partial charge is 0.378 e. The molecule has 0 saturated carbocycles. The third kappa shape index (κ3) is 7.36. The Labute approximate surface area is 147 Å². The number of hydrogen-bond donors (Lipinski definition) is 2. The highest BCUT2D eigenvalue weighted by atomic mass is 32.2. The van der Waals surface area contributed by atoms with Gasteiger partial charge in [0.15, 0.2) is 5.96 Å². The van der Waals surface area contributed by atoms with Crippen LogP contribution in [0.4, 0.5) is 0 Å². The van der Waals surface area contributed by atoms with Crippen molar-refractivity contribution >= 4 is 16.0 Å². The van der Waals surface area contributed by atoms with Gasteiger partial charge in [0.05, 0.1) is 11.9 Å². The number of guanidine groups is 1. The zero-order valence-corrected chi connectivity index (χ0v) is 16.4. The molecule has 7 nitrogen and oxygen atoms in total. The Bertz CT molecular complexity index is 480. The van der Waals surface area contributed by atoms with Crippen molar-refractivity contribution < 1.29 is 13.2 Å².